The Balaban J connectivity index is 1.69. The smallest absolute Gasteiger partial charge is 0.231 e. The Hall–Kier alpha value is -3.61. The van der Waals surface area contributed by atoms with Crippen molar-refractivity contribution in [3.63, 3.8) is 0 Å². The summed E-state index contributed by atoms with van der Waals surface area (Å²) in [6.45, 7) is 4.52. The Morgan fingerprint density at radius 3 is 2.75 bits per heavy atom. The minimum absolute atomic E-state index is 0.140. The van der Waals surface area contributed by atoms with Gasteiger partial charge in [-0.05, 0) is 11.6 Å². The van der Waals surface area contributed by atoms with Crippen molar-refractivity contribution >= 4 is 11.9 Å². The summed E-state index contributed by atoms with van der Waals surface area (Å²) in [5.74, 6) is 0.519. The second-order valence-electron chi connectivity index (χ2n) is 6.55. The Kier molecular flexibility index (Phi) is 4.80. The number of fused-ring (bicyclic) bond motifs is 1. The quantitative estimate of drug-likeness (QED) is 0.717. The van der Waals surface area contributed by atoms with Crippen LogP contribution in [0.4, 0.5) is 5.95 Å². The van der Waals surface area contributed by atoms with E-state index in [-0.39, 0.29) is 5.91 Å². The number of rotatable bonds is 5. The molecule has 1 aliphatic heterocycles. The topological polar surface area (TPSA) is 81.1 Å². The van der Waals surface area contributed by atoms with Crippen LogP contribution >= 0.6 is 0 Å². The fourth-order valence-corrected chi connectivity index (χ4v) is 3.51. The first-order valence-corrected chi connectivity index (χ1v) is 8.99. The Bertz CT molecular complexity index is 999. The lowest BCUT2D eigenvalue weighted by Gasteiger charge is -2.34. The molecule has 0 unspecified atom stereocenters. The maximum atomic E-state index is 13.2. The van der Waals surface area contributed by atoms with Gasteiger partial charge in [0, 0.05) is 17.8 Å². The molecule has 0 spiro atoms. The first-order valence-electron chi connectivity index (χ1n) is 8.99. The first kappa shape index (κ1) is 17.8. The number of carbonyl (C=O) groups excluding carboxylic acids is 1. The predicted octanol–water partition coefficient (Wildman–Crippen LogP) is 2.75. The van der Waals surface area contributed by atoms with E-state index in [2.05, 4.69) is 27.3 Å². The van der Waals surface area contributed by atoms with Crippen molar-refractivity contribution in [2.75, 3.05) is 12.4 Å². The minimum Gasteiger partial charge on any atom is -0.496 e. The van der Waals surface area contributed by atoms with Gasteiger partial charge in [-0.1, -0.05) is 55.1 Å². The molecule has 0 fully saturated rings. The molecule has 2 N–H and O–H groups in total. The molecule has 1 aliphatic rings. The van der Waals surface area contributed by atoms with Gasteiger partial charge in [-0.25, -0.2) is 4.68 Å². The van der Waals surface area contributed by atoms with Crippen LogP contribution in [-0.4, -0.2) is 27.8 Å². The number of ether oxygens (including phenoxy) is 1. The SMILES string of the molecule is C=C1Nc2ncnn2[C@@H](c2ccccc2OC)[C@@H]1C(=O)NCc1ccccc1. The number of aromatic nitrogens is 3. The summed E-state index contributed by atoms with van der Waals surface area (Å²) in [6.07, 6.45) is 1.46. The second kappa shape index (κ2) is 7.56. The Morgan fingerprint density at radius 1 is 1.21 bits per heavy atom. The lowest BCUT2D eigenvalue weighted by molar-refractivity contribution is -0.125. The van der Waals surface area contributed by atoms with Crippen molar-refractivity contribution in [1.29, 1.82) is 0 Å². The van der Waals surface area contributed by atoms with E-state index < -0.39 is 12.0 Å². The molecule has 1 amide bonds. The summed E-state index contributed by atoms with van der Waals surface area (Å²) < 4.78 is 7.25. The van der Waals surface area contributed by atoms with E-state index in [1.807, 2.05) is 54.6 Å². The number of hydrogen-bond donors (Lipinski definition) is 2. The molecule has 2 atom stereocenters. The zero-order valence-corrected chi connectivity index (χ0v) is 15.5. The number of anilines is 1. The van der Waals surface area contributed by atoms with Crippen LogP contribution < -0.4 is 15.4 Å². The summed E-state index contributed by atoms with van der Waals surface area (Å²) in [5.41, 5.74) is 2.45. The number of nitrogens with zero attached hydrogens (tertiary/aromatic N) is 3. The lowest BCUT2D eigenvalue weighted by Crippen LogP contribution is -2.42. The first-order chi connectivity index (χ1) is 13.7. The summed E-state index contributed by atoms with van der Waals surface area (Å²) in [4.78, 5) is 17.4. The maximum Gasteiger partial charge on any atom is 0.231 e. The van der Waals surface area contributed by atoms with Crippen LogP contribution in [0.2, 0.25) is 0 Å². The third kappa shape index (κ3) is 3.22. The van der Waals surface area contributed by atoms with Gasteiger partial charge in [-0.2, -0.15) is 10.1 Å². The minimum atomic E-state index is -0.575. The molecule has 4 rings (SSSR count). The number of carbonyl (C=O) groups is 1. The van der Waals surface area contributed by atoms with E-state index in [1.54, 1.807) is 11.8 Å². The van der Waals surface area contributed by atoms with E-state index in [0.717, 1.165) is 11.1 Å². The molecule has 0 aliphatic carbocycles. The molecule has 0 saturated heterocycles. The zero-order chi connectivity index (χ0) is 19.5. The van der Waals surface area contributed by atoms with Crippen LogP contribution in [-0.2, 0) is 11.3 Å². The standard InChI is InChI=1S/C21H21N5O2/c1-14-18(20(27)22-12-15-8-4-3-5-9-15)19(26-21(25-14)23-13-24-26)16-10-6-7-11-17(16)28-2/h3-11,13,18-19H,1,12H2,2H3,(H,22,27)(H,23,24,25)/t18-,19+/m1/s1. The van der Waals surface area contributed by atoms with E-state index in [9.17, 15) is 4.79 Å². The number of methoxy groups -OCH3 is 1. The average molecular weight is 375 g/mol. The van der Waals surface area contributed by atoms with Crippen molar-refractivity contribution in [1.82, 2.24) is 20.1 Å². The number of para-hydroxylation sites is 1. The number of amides is 1. The zero-order valence-electron chi connectivity index (χ0n) is 15.5. The van der Waals surface area contributed by atoms with Crippen molar-refractivity contribution in [3.05, 3.63) is 84.3 Å². The van der Waals surface area contributed by atoms with Crippen LogP contribution in [0.5, 0.6) is 5.75 Å². The number of hydrogen-bond acceptors (Lipinski definition) is 5. The molecular weight excluding hydrogens is 354 g/mol. The van der Waals surface area contributed by atoms with Gasteiger partial charge in [0.15, 0.2) is 0 Å². The molecule has 7 nitrogen and oxygen atoms in total. The van der Waals surface area contributed by atoms with Crippen molar-refractivity contribution in [3.8, 4) is 5.75 Å². The van der Waals surface area contributed by atoms with E-state index in [4.69, 9.17) is 4.74 Å². The third-order valence-electron chi connectivity index (χ3n) is 4.85. The van der Waals surface area contributed by atoms with Gasteiger partial charge < -0.3 is 15.4 Å². The van der Waals surface area contributed by atoms with Gasteiger partial charge in [0.25, 0.3) is 0 Å². The highest BCUT2D eigenvalue weighted by molar-refractivity contribution is 5.84. The van der Waals surface area contributed by atoms with Crippen LogP contribution in [0.3, 0.4) is 0 Å². The highest BCUT2D eigenvalue weighted by Crippen LogP contribution is 2.40. The summed E-state index contributed by atoms with van der Waals surface area (Å²) in [7, 11) is 1.61. The van der Waals surface area contributed by atoms with Gasteiger partial charge in [0.05, 0.1) is 7.11 Å². The molecule has 0 radical (unpaired) electrons. The lowest BCUT2D eigenvalue weighted by atomic mass is 9.88. The van der Waals surface area contributed by atoms with Crippen LogP contribution in [0.15, 0.2) is 73.2 Å². The Morgan fingerprint density at radius 2 is 1.96 bits per heavy atom. The summed E-state index contributed by atoms with van der Waals surface area (Å²) in [6, 6.07) is 17.0. The molecule has 142 valence electrons. The molecule has 2 heterocycles. The van der Waals surface area contributed by atoms with E-state index >= 15 is 0 Å². The van der Waals surface area contributed by atoms with Crippen molar-refractivity contribution in [2.24, 2.45) is 5.92 Å². The van der Waals surface area contributed by atoms with Gasteiger partial charge in [-0.15, -0.1) is 0 Å². The fraction of sp³-hybridized carbons (Fsp3) is 0.190. The highest BCUT2D eigenvalue weighted by atomic mass is 16.5. The predicted molar refractivity (Wildman–Crippen MR) is 106 cm³/mol. The average Bonchev–Trinajstić information content (AvgIpc) is 3.19. The number of benzene rings is 2. The summed E-state index contributed by atoms with van der Waals surface area (Å²) >= 11 is 0. The molecule has 0 saturated carbocycles. The van der Waals surface area contributed by atoms with Gasteiger partial charge >= 0.3 is 0 Å². The maximum absolute atomic E-state index is 13.2. The number of nitrogens with one attached hydrogen (secondary N) is 2. The van der Waals surface area contributed by atoms with Crippen LogP contribution in [0.1, 0.15) is 17.2 Å². The largest absolute Gasteiger partial charge is 0.496 e. The Labute approximate surface area is 163 Å². The monoisotopic (exact) mass is 375 g/mol. The normalized spacial score (nSPS) is 18.1. The van der Waals surface area contributed by atoms with Gasteiger partial charge in [0.1, 0.15) is 24.0 Å². The van der Waals surface area contributed by atoms with E-state index in [0.29, 0.717) is 23.9 Å². The molecule has 3 aromatic rings. The summed E-state index contributed by atoms with van der Waals surface area (Å²) in [5, 5.41) is 10.5. The molecule has 28 heavy (non-hydrogen) atoms. The third-order valence-corrected chi connectivity index (χ3v) is 4.85. The van der Waals surface area contributed by atoms with Crippen LogP contribution in [0.25, 0.3) is 0 Å². The van der Waals surface area contributed by atoms with Crippen molar-refractivity contribution < 1.29 is 9.53 Å². The molecular formula is C21H21N5O2. The van der Waals surface area contributed by atoms with E-state index in [1.165, 1.54) is 6.33 Å². The molecule has 1 aromatic heterocycles. The molecule has 2 aromatic carbocycles. The van der Waals surface area contributed by atoms with Crippen molar-refractivity contribution in [2.45, 2.75) is 12.6 Å². The van der Waals surface area contributed by atoms with Gasteiger partial charge in [0.2, 0.25) is 11.9 Å². The molecule has 7 heteroatoms. The molecule has 0 bridgehead atoms. The highest BCUT2D eigenvalue weighted by Gasteiger charge is 2.40. The fourth-order valence-electron chi connectivity index (χ4n) is 3.51. The van der Waals surface area contributed by atoms with Crippen LogP contribution in [0, 0.1) is 5.92 Å². The second-order valence-corrected chi connectivity index (χ2v) is 6.55. The van der Waals surface area contributed by atoms with Gasteiger partial charge in [-0.3, -0.25) is 4.79 Å².